The molecule has 4 rings (SSSR count). The minimum absolute atomic E-state index is 0.0260. The van der Waals surface area contributed by atoms with Crippen LogP contribution >= 0.6 is 0 Å². The van der Waals surface area contributed by atoms with E-state index < -0.39 is 11.8 Å². The van der Waals surface area contributed by atoms with Crippen LogP contribution in [0, 0.1) is 5.92 Å². The summed E-state index contributed by atoms with van der Waals surface area (Å²) in [6, 6.07) is 15.3. The molecule has 166 valence electrons. The maximum atomic E-state index is 13.5. The van der Waals surface area contributed by atoms with Crippen molar-refractivity contribution in [2.75, 3.05) is 21.3 Å². The van der Waals surface area contributed by atoms with Gasteiger partial charge in [0, 0.05) is 29.3 Å². The Balaban J connectivity index is 1.76. The molecule has 32 heavy (non-hydrogen) atoms. The van der Waals surface area contributed by atoms with E-state index in [1.54, 1.807) is 14.2 Å². The third-order valence-electron chi connectivity index (χ3n) is 6.41. The Kier molecular flexibility index (Phi) is 6.12. The normalized spacial score (nSPS) is 22.7. The molecule has 0 radical (unpaired) electrons. The van der Waals surface area contributed by atoms with Crippen molar-refractivity contribution in [3.63, 3.8) is 0 Å². The van der Waals surface area contributed by atoms with Crippen molar-refractivity contribution in [2.45, 2.75) is 31.6 Å². The lowest BCUT2D eigenvalue weighted by Gasteiger charge is -2.36. The van der Waals surface area contributed by atoms with Crippen LogP contribution < -0.4 is 9.47 Å². The topological polar surface area (TPSA) is 74.2 Å². The number of methoxy groups -OCH3 is 3. The fraction of sp³-hybridized carbons (Fsp3) is 0.346. The molecule has 3 atom stereocenters. The Hall–Kier alpha value is -3.41. The molecule has 0 spiro atoms. The Bertz CT molecular complexity index is 1080. The van der Waals surface area contributed by atoms with E-state index in [9.17, 15) is 9.59 Å². The van der Waals surface area contributed by atoms with Gasteiger partial charge in [-0.15, -0.1) is 0 Å². The fourth-order valence-electron chi connectivity index (χ4n) is 4.78. The molecule has 6 heteroatoms. The quantitative estimate of drug-likeness (QED) is 0.651. The molecular weight excluding hydrogens is 406 g/mol. The molecule has 0 amide bonds. The van der Waals surface area contributed by atoms with Gasteiger partial charge in [-0.05, 0) is 54.7 Å². The molecule has 2 aromatic carbocycles. The van der Waals surface area contributed by atoms with E-state index in [4.69, 9.17) is 19.2 Å². The van der Waals surface area contributed by atoms with Crippen LogP contribution in [-0.2, 0) is 14.3 Å². The number of nitrogens with zero attached hydrogens (tertiary/aromatic N) is 1. The van der Waals surface area contributed by atoms with Gasteiger partial charge in [-0.2, -0.15) is 0 Å². The standard InChI is InChI=1S/C26H27NO5/c1-15-23(26(29)32-4)24(17-7-11-20(31-3)12-8-17)25-21(27-15)13-18(14-22(25)28)16-5-9-19(30-2)10-6-16/h5-12,18,23-24H,13-14H2,1-4H3/t18-,23?,24-/m1/s1. The van der Waals surface area contributed by atoms with Crippen LogP contribution in [0.4, 0.5) is 0 Å². The maximum Gasteiger partial charge on any atom is 0.315 e. The van der Waals surface area contributed by atoms with E-state index in [1.807, 2.05) is 55.5 Å². The predicted octanol–water partition coefficient (Wildman–Crippen LogP) is 4.45. The summed E-state index contributed by atoms with van der Waals surface area (Å²) < 4.78 is 15.6. The van der Waals surface area contributed by atoms with E-state index >= 15 is 0 Å². The summed E-state index contributed by atoms with van der Waals surface area (Å²) in [6.45, 7) is 1.84. The molecule has 1 aliphatic heterocycles. The van der Waals surface area contributed by atoms with Crippen molar-refractivity contribution in [1.82, 2.24) is 0 Å². The predicted molar refractivity (Wildman–Crippen MR) is 121 cm³/mol. The van der Waals surface area contributed by atoms with Gasteiger partial charge in [-0.25, -0.2) is 0 Å². The lowest BCUT2D eigenvalue weighted by molar-refractivity contribution is -0.143. The van der Waals surface area contributed by atoms with Gasteiger partial charge in [-0.1, -0.05) is 24.3 Å². The number of hydrogen-bond donors (Lipinski definition) is 0. The van der Waals surface area contributed by atoms with Gasteiger partial charge in [0.25, 0.3) is 0 Å². The minimum Gasteiger partial charge on any atom is -0.497 e. The van der Waals surface area contributed by atoms with Crippen molar-refractivity contribution >= 4 is 17.5 Å². The first-order valence-electron chi connectivity index (χ1n) is 10.6. The number of rotatable bonds is 5. The van der Waals surface area contributed by atoms with Crippen molar-refractivity contribution in [1.29, 1.82) is 0 Å². The number of ether oxygens (including phenoxy) is 3. The SMILES string of the molecule is COC(=O)C1C(C)=NC2=C(C(=O)C[C@H](c3ccc(OC)cc3)C2)[C@@H]1c1ccc(OC)cc1. The van der Waals surface area contributed by atoms with E-state index in [-0.39, 0.29) is 17.7 Å². The zero-order chi connectivity index (χ0) is 22.8. The number of Topliss-reactive ketones (excluding diaryl/α,β-unsaturated/α-hetero) is 1. The monoisotopic (exact) mass is 433 g/mol. The summed E-state index contributed by atoms with van der Waals surface area (Å²) in [7, 11) is 4.61. The number of allylic oxidation sites excluding steroid dienone is 2. The summed E-state index contributed by atoms with van der Waals surface area (Å²) in [5, 5.41) is 0. The molecular formula is C26H27NO5. The van der Waals surface area contributed by atoms with Crippen LogP contribution in [0.15, 0.2) is 64.8 Å². The van der Waals surface area contributed by atoms with Crippen LogP contribution in [0.25, 0.3) is 0 Å². The van der Waals surface area contributed by atoms with Gasteiger partial charge in [0.1, 0.15) is 17.4 Å². The van der Waals surface area contributed by atoms with Crippen molar-refractivity contribution in [3.8, 4) is 11.5 Å². The highest BCUT2D eigenvalue weighted by molar-refractivity contribution is 6.09. The van der Waals surface area contributed by atoms with Crippen LogP contribution in [0.1, 0.15) is 42.7 Å². The first kappa shape index (κ1) is 21.8. The first-order chi connectivity index (χ1) is 15.5. The van der Waals surface area contributed by atoms with E-state index in [0.29, 0.717) is 29.9 Å². The summed E-state index contributed by atoms with van der Waals surface area (Å²) in [4.78, 5) is 31.0. The fourth-order valence-corrected chi connectivity index (χ4v) is 4.78. The Morgan fingerprint density at radius 1 is 0.875 bits per heavy atom. The molecule has 0 bridgehead atoms. The van der Waals surface area contributed by atoms with Gasteiger partial charge in [0.2, 0.25) is 0 Å². The second kappa shape index (κ2) is 8.99. The van der Waals surface area contributed by atoms with E-state index in [2.05, 4.69) is 0 Å². The van der Waals surface area contributed by atoms with Crippen LogP contribution in [-0.4, -0.2) is 38.8 Å². The van der Waals surface area contributed by atoms with Gasteiger partial charge >= 0.3 is 5.97 Å². The number of aliphatic imine (C=N–C) groups is 1. The number of esters is 1. The maximum absolute atomic E-state index is 13.5. The molecule has 2 aromatic rings. The zero-order valence-corrected chi connectivity index (χ0v) is 18.8. The highest BCUT2D eigenvalue weighted by atomic mass is 16.5. The molecule has 6 nitrogen and oxygen atoms in total. The zero-order valence-electron chi connectivity index (χ0n) is 18.8. The van der Waals surface area contributed by atoms with Gasteiger partial charge in [-0.3, -0.25) is 14.6 Å². The highest BCUT2D eigenvalue weighted by Crippen LogP contribution is 2.47. The molecule has 0 aromatic heterocycles. The lowest BCUT2D eigenvalue weighted by atomic mass is 9.69. The smallest absolute Gasteiger partial charge is 0.315 e. The van der Waals surface area contributed by atoms with Crippen LogP contribution in [0.2, 0.25) is 0 Å². The number of carbonyl (C=O) groups excluding carboxylic acids is 2. The van der Waals surface area contributed by atoms with Crippen LogP contribution in [0.3, 0.4) is 0 Å². The molecule has 1 heterocycles. The minimum atomic E-state index is -0.631. The van der Waals surface area contributed by atoms with E-state index in [1.165, 1.54) is 7.11 Å². The third-order valence-corrected chi connectivity index (χ3v) is 6.41. The second-order valence-corrected chi connectivity index (χ2v) is 8.17. The summed E-state index contributed by atoms with van der Waals surface area (Å²) in [6.07, 6.45) is 1.02. The molecule has 1 unspecified atom stereocenters. The highest BCUT2D eigenvalue weighted by Gasteiger charge is 2.44. The van der Waals surface area contributed by atoms with Gasteiger partial charge < -0.3 is 14.2 Å². The number of carbonyl (C=O) groups is 2. The average Bonchev–Trinajstić information content (AvgIpc) is 2.82. The number of hydrogen-bond acceptors (Lipinski definition) is 6. The summed E-state index contributed by atoms with van der Waals surface area (Å²) in [5.41, 5.74) is 4.01. The summed E-state index contributed by atoms with van der Waals surface area (Å²) >= 11 is 0. The first-order valence-corrected chi connectivity index (χ1v) is 10.6. The molecule has 0 fully saturated rings. The Morgan fingerprint density at radius 2 is 1.44 bits per heavy atom. The third kappa shape index (κ3) is 3.93. The Morgan fingerprint density at radius 3 is 1.97 bits per heavy atom. The van der Waals surface area contributed by atoms with Gasteiger partial charge in [0.15, 0.2) is 5.78 Å². The summed E-state index contributed by atoms with van der Waals surface area (Å²) in [5.74, 6) is 0.117. The molecule has 2 aliphatic rings. The van der Waals surface area contributed by atoms with Crippen LogP contribution in [0.5, 0.6) is 11.5 Å². The second-order valence-electron chi connectivity index (χ2n) is 8.17. The number of benzene rings is 2. The molecule has 1 aliphatic carbocycles. The lowest BCUT2D eigenvalue weighted by Crippen LogP contribution is -2.37. The Labute approximate surface area is 187 Å². The van der Waals surface area contributed by atoms with Crippen molar-refractivity contribution in [2.24, 2.45) is 10.9 Å². The average molecular weight is 434 g/mol. The van der Waals surface area contributed by atoms with Crippen molar-refractivity contribution < 1.29 is 23.8 Å². The number of ketones is 1. The van der Waals surface area contributed by atoms with E-state index in [0.717, 1.165) is 22.6 Å². The largest absolute Gasteiger partial charge is 0.497 e. The molecule has 0 saturated heterocycles. The molecule has 0 N–H and O–H groups in total. The van der Waals surface area contributed by atoms with Crippen molar-refractivity contribution in [3.05, 3.63) is 70.9 Å². The molecule has 0 saturated carbocycles. The van der Waals surface area contributed by atoms with Gasteiger partial charge in [0.05, 0.1) is 21.3 Å².